The molecule has 3 N–H and O–H groups in total. The van der Waals surface area contributed by atoms with Gasteiger partial charge in [0.15, 0.2) is 0 Å². The predicted octanol–water partition coefficient (Wildman–Crippen LogP) is 10.9. The number of rotatable bonds is 28. The standard InChI is InChI=1S/C50H81N3O9/c1-8-11-12-13-14-15-16-17-18-21-28-51-47(56)61-38-26-27-43-41(34-38)45-39(25-20-23-31-55)37(24-19-22-30-54)33-40-42(52-58-7)35-44(50(62-43,46(40)45)60-32-10-3)53(29-9-2)48(57)59-36-49(4,5)6/h10,26-27,33-34,37,39,44-46,54-55H,3,8-9,11-25,28-32,35-36H2,1-2,4-7H3,(H,51,56). The van der Waals surface area contributed by atoms with E-state index in [2.05, 4.69) is 30.1 Å². The van der Waals surface area contributed by atoms with Crippen molar-refractivity contribution in [2.24, 2.45) is 28.3 Å². The first kappa shape index (κ1) is 51.0. The lowest BCUT2D eigenvalue weighted by molar-refractivity contribution is -0.255. The topological polar surface area (TPSA) is 148 Å². The molecular formula is C50H81N3O9. The number of aliphatic hydroxyl groups is 2. The van der Waals surface area contributed by atoms with Crippen molar-refractivity contribution in [2.45, 2.75) is 168 Å². The maximum atomic E-state index is 14.3. The summed E-state index contributed by atoms with van der Waals surface area (Å²) in [5.74, 6) is -0.974. The van der Waals surface area contributed by atoms with Crippen molar-refractivity contribution in [1.82, 2.24) is 10.2 Å². The van der Waals surface area contributed by atoms with Gasteiger partial charge in [-0.25, -0.2) is 9.59 Å². The molecule has 62 heavy (non-hydrogen) atoms. The van der Waals surface area contributed by atoms with Gasteiger partial charge in [-0.1, -0.05) is 123 Å². The van der Waals surface area contributed by atoms with Crippen LogP contribution >= 0.6 is 0 Å². The number of hydrogen-bond acceptors (Lipinski definition) is 10. The zero-order valence-corrected chi connectivity index (χ0v) is 39.1. The van der Waals surface area contributed by atoms with Gasteiger partial charge < -0.3 is 39.3 Å². The lowest BCUT2D eigenvalue weighted by atomic mass is 9.55. The summed E-state index contributed by atoms with van der Waals surface area (Å²) in [6, 6.07) is 4.88. The molecule has 0 aromatic heterocycles. The molecule has 1 fully saturated rings. The molecule has 3 aliphatic rings. The number of carbonyl (C=O) groups is 2. The van der Waals surface area contributed by atoms with Crippen LogP contribution in [0, 0.1) is 23.2 Å². The largest absolute Gasteiger partial charge is 0.459 e. The highest BCUT2D eigenvalue weighted by molar-refractivity contribution is 6.03. The van der Waals surface area contributed by atoms with Gasteiger partial charge >= 0.3 is 12.2 Å². The monoisotopic (exact) mass is 868 g/mol. The lowest BCUT2D eigenvalue weighted by Crippen LogP contribution is -2.70. The summed E-state index contributed by atoms with van der Waals surface area (Å²) in [4.78, 5) is 34.8. The van der Waals surface area contributed by atoms with Gasteiger partial charge in [0.1, 0.15) is 24.7 Å². The summed E-state index contributed by atoms with van der Waals surface area (Å²) in [5, 5.41) is 27.4. The van der Waals surface area contributed by atoms with Gasteiger partial charge in [-0.15, -0.1) is 6.58 Å². The molecule has 0 bridgehead atoms. The highest BCUT2D eigenvalue weighted by atomic mass is 16.7. The molecule has 1 aromatic carbocycles. The number of ether oxygens (including phenoxy) is 4. The SMILES string of the molecule is C=CCOC12Oc3ccc(OC(=O)NCCCCCCCCCCCC)cc3C3C(CCCCO)C(CCCCO)C=C(C(=NOC)CC1N(CCC)C(=O)OCC(C)(C)C)C32. The van der Waals surface area contributed by atoms with E-state index in [1.165, 1.54) is 58.5 Å². The number of oxime groups is 1. The van der Waals surface area contributed by atoms with Crippen molar-refractivity contribution in [3.8, 4) is 11.5 Å². The first-order valence-electron chi connectivity index (χ1n) is 24.0. The molecule has 1 aliphatic heterocycles. The molecular weight excluding hydrogens is 787 g/mol. The molecule has 4 rings (SSSR count). The van der Waals surface area contributed by atoms with Gasteiger partial charge in [0.05, 0.1) is 24.8 Å². The Hall–Kier alpha value is -3.61. The van der Waals surface area contributed by atoms with Gasteiger partial charge in [-0.3, -0.25) is 4.90 Å². The van der Waals surface area contributed by atoms with Gasteiger partial charge in [-0.2, -0.15) is 0 Å². The normalized spacial score (nSPS) is 23.4. The van der Waals surface area contributed by atoms with Crippen LogP contribution in [0.15, 0.2) is 47.7 Å². The van der Waals surface area contributed by atoms with Gasteiger partial charge in [0.25, 0.3) is 0 Å². The van der Waals surface area contributed by atoms with Crippen LogP contribution < -0.4 is 14.8 Å². The average molecular weight is 868 g/mol. The molecule has 2 aliphatic carbocycles. The second kappa shape index (κ2) is 26.2. The van der Waals surface area contributed by atoms with Crippen molar-refractivity contribution >= 4 is 17.9 Å². The lowest BCUT2D eigenvalue weighted by Gasteiger charge is -2.59. The number of hydrogen-bond donors (Lipinski definition) is 3. The molecule has 6 unspecified atom stereocenters. The Bertz CT molecular complexity index is 1590. The molecule has 350 valence electrons. The van der Waals surface area contributed by atoms with Crippen molar-refractivity contribution in [3.05, 3.63) is 48.1 Å². The third kappa shape index (κ3) is 14.2. The molecule has 0 spiro atoms. The van der Waals surface area contributed by atoms with Crippen LogP contribution in [0.1, 0.15) is 162 Å². The molecule has 12 nitrogen and oxygen atoms in total. The van der Waals surface area contributed by atoms with Gasteiger partial charge in [0, 0.05) is 44.2 Å². The Morgan fingerprint density at radius 2 is 1.63 bits per heavy atom. The molecule has 1 saturated carbocycles. The van der Waals surface area contributed by atoms with E-state index in [1.54, 1.807) is 17.0 Å². The third-order valence-electron chi connectivity index (χ3n) is 12.6. The zero-order chi connectivity index (χ0) is 45.0. The van der Waals surface area contributed by atoms with E-state index in [1.807, 2.05) is 39.8 Å². The predicted molar refractivity (Wildman–Crippen MR) is 246 cm³/mol. The Morgan fingerprint density at radius 1 is 0.952 bits per heavy atom. The summed E-state index contributed by atoms with van der Waals surface area (Å²) in [6.45, 7) is 15.9. The van der Waals surface area contributed by atoms with Crippen LogP contribution in [0.3, 0.4) is 0 Å². The highest BCUT2D eigenvalue weighted by Crippen LogP contribution is 2.62. The zero-order valence-electron chi connectivity index (χ0n) is 39.1. The van der Waals surface area contributed by atoms with E-state index >= 15 is 0 Å². The second-order valence-corrected chi connectivity index (χ2v) is 18.8. The van der Waals surface area contributed by atoms with E-state index in [-0.39, 0.29) is 49.6 Å². The fourth-order valence-electron chi connectivity index (χ4n) is 9.74. The maximum Gasteiger partial charge on any atom is 0.412 e. The summed E-state index contributed by atoms with van der Waals surface area (Å²) in [6.07, 6.45) is 20.8. The molecule has 1 heterocycles. The fourth-order valence-corrected chi connectivity index (χ4v) is 9.74. The first-order valence-corrected chi connectivity index (χ1v) is 24.0. The van der Waals surface area contributed by atoms with Gasteiger partial charge in [-0.05, 0) is 79.5 Å². The minimum absolute atomic E-state index is 0.0405. The van der Waals surface area contributed by atoms with Crippen LogP contribution in [0.4, 0.5) is 9.59 Å². The Labute approximate surface area is 373 Å². The Morgan fingerprint density at radius 3 is 2.26 bits per heavy atom. The Balaban J connectivity index is 1.75. The molecule has 0 radical (unpaired) electrons. The van der Waals surface area contributed by atoms with E-state index in [4.69, 9.17) is 23.8 Å². The van der Waals surface area contributed by atoms with E-state index in [0.29, 0.717) is 56.0 Å². The third-order valence-corrected chi connectivity index (χ3v) is 12.6. The maximum absolute atomic E-state index is 14.3. The average Bonchev–Trinajstić information content (AvgIpc) is 3.24. The van der Waals surface area contributed by atoms with Crippen molar-refractivity contribution in [1.29, 1.82) is 0 Å². The van der Waals surface area contributed by atoms with Crippen LogP contribution in [0.25, 0.3) is 0 Å². The summed E-state index contributed by atoms with van der Waals surface area (Å²) >= 11 is 0. The number of unbranched alkanes of at least 4 members (excludes halogenated alkanes) is 11. The quantitative estimate of drug-likeness (QED) is 0.0425. The van der Waals surface area contributed by atoms with Crippen molar-refractivity contribution < 1.29 is 43.6 Å². The highest BCUT2D eigenvalue weighted by Gasteiger charge is 2.65. The molecule has 6 atom stereocenters. The Kier molecular flexibility index (Phi) is 21.6. The number of allylic oxidation sites excluding steroid dienone is 1. The number of amides is 2. The molecule has 2 amide bonds. The van der Waals surface area contributed by atoms with E-state index < -0.39 is 29.9 Å². The van der Waals surface area contributed by atoms with Crippen molar-refractivity contribution in [3.63, 3.8) is 0 Å². The van der Waals surface area contributed by atoms with Crippen LogP contribution in [0.2, 0.25) is 0 Å². The van der Waals surface area contributed by atoms with E-state index in [9.17, 15) is 19.8 Å². The first-order chi connectivity index (χ1) is 30.0. The molecule has 1 aromatic rings. The number of nitrogens with one attached hydrogen (secondary N) is 1. The number of fused-ring (bicyclic) bond motifs is 2. The smallest absolute Gasteiger partial charge is 0.412 e. The van der Waals surface area contributed by atoms with Crippen LogP contribution in [0.5, 0.6) is 11.5 Å². The van der Waals surface area contributed by atoms with Crippen molar-refractivity contribution in [2.75, 3.05) is 46.6 Å². The summed E-state index contributed by atoms with van der Waals surface area (Å²) in [7, 11) is 1.54. The molecule has 0 saturated heterocycles. The van der Waals surface area contributed by atoms with Crippen LogP contribution in [-0.2, 0) is 14.3 Å². The summed E-state index contributed by atoms with van der Waals surface area (Å²) in [5.41, 5.74) is 2.28. The number of nitrogens with zero attached hydrogens (tertiary/aromatic N) is 2. The van der Waals surface area contributed by atoms with Crippen LogP contribution in [-0.4, -0.2) is 91.5 Å². The van der Waals surface area contributed by atoms with E-state index in [0.717, 1.165) is 49.7 Å². The number of aliphatic hydroxyl groups excluding tert-OH is 2. The number of carbonyl (C=O) groups excluding carboxylic acids is 2. The minimum atomic E-state index is -1.39. The fraction of sp³-hybridized carbons (Fsp3) is 0.740. The second-order valence-electron chi connectivity index (χ2n) is 18.8. The minimum Gasteiger partial charge on any atom is -0.459 e. The van der Waals surface area contributed by atoms with Gasteiger partial charge in [0.2, 0.25) is 5.79 Å². The molecule has 12 heteroatoms. The summed E-state index contributed by atoms with van der Waals surface area (Å²) < 4.78 is 26.2. The number of benzene rings is 1.